The Morgan fingerprint density at radius 1 is 1.29 bits per heavy atom. The lowest BCUT2D eigenvalue weighted by Crippen LogP contribution is -2.53. The average molecular weight is 334 g/mol. The molecule has 3 heterocycles. The second-order valence-corrected chi connectivity index (χ2v) is 7.22. The van der Waals surface area contributed by atoms with Crippen LogP contribution in [-0.2, 0) is 6.42 Å². The number of likely N-dealkylation sites (tertiary alicyclic amines) is 2. The van der Waals surface area contributed by atoms with Gasteiger partial charge in [-0.2, -0.15) is 0 Å². The van der Waals surface area contributed by atoms with Gasteiger partial charge in [0.2, 0.25) is 5.76 Å². The number of hydrogen-bond donors (Lipinski definition) is 1. The fourth-order valence-corrected chi connectivity index (χ4v) is 3.88. The van der Waals surface area contributed by atoms with Gasteiger partial charge in [0, 0.05) is 25.0 Å². The summed E-state index contributed by atoms with van der Waals surface area (Å²) < 4.78 is 5.58. The maximum Gasteiger partial charge on any atom is 0.289 e. The Balaban J connectivity index is 1.56. The Hall–Kier alpha value is -1.40. The first-order chi connectivity index (χ1) is 11.6. The van der Waals surface area contributed by atoms with Crippen LogP contribution in [0.1, 0.15) is 54.7 Å². The number of nitrogens with zero attached hydrogens (tertiary/aromatic N) is 3. The van der Waals surface area contributed by atoms with Gasteiger partial charge >= 0.3 is 0 Å². The van der Waals surface area contributed by atoms with Crippen LogP contribution in [0.3, 0.4) is 0 Å². The molecule has 0 unspecified atom stereocenters. The van der Waals surface area contributed by atoms with Crippen LogP contribution in [0.5, 0.6) is 0 Å². The summed E-state index contributed by atoms with van der Waals surface area (Å²) in [6, 6.07) is 0.875. The third-order valence-corrected chi connectivity index (χ3v) is 5.34. The van der Waals surface area contributed by atoms with E-state index in [4.69, 9.17) is 4.42 Å². The lowest BCUT2D eigenvalue weighted by Gasteiger charge is -2.41. The van der Waals surface area contributed by atoms with Crippen molar-refractivity contribution in [2.24, 2.45) is 0 Å². The molecular weight excluding hydrogens is 304 g/mol. The topological polar surface area (TPSA) is 61.6 Å². The number of amides is 1. The zero-order valence-corrected chi connectivity index (χ0v) is 15.2. The quantitative estimate of drug-likeness (QED) is 0.910. The zero-order valence-electron chi connectivity index (χ0n) is 15.2. The first-order valence-corrected chi connectivity index (χ1v) is 9.26. The third-order valence-electron chi connectivity index (χ3n) is 5.34. The summed E-state index contributed by atoms with van der Waals surface area (Å²) in [4.78, 5) is 21.8. The first kappa shape index (κ1) is 17.4. The average Bonchev–Trinajstić information content (AvgIpc) is 2.97. The molecule has 1 amide bonds. The molecule has 1 N–H and O–H groups in total. The van der Waals surface area contributed by atoms with Crippen LogP contribution in [-0.4, -0.2) is 66.0 Å². The number of aryl methyl sites for hydroxylation is 2. The van der Waals surface area contributed by atoms with Crippen LogP contribution < -0.4 is 5.32 Å². The molecule has 24 heavy (non-hydrogen) atoms. The Morgan fingerprint density at radius 2 is 2.04 bits per heavy atom. The van der Waals surface area contributed by atoms with Gasteiger partial charge in [-0.1, -0.05) is 6.92 Å². The van der Waals surface area contributed by atoms with Crippen LogP contribution in [0.2, 0.25) is 0 Å². The van der Waals surface area contributed by atoms with Crippen molar-refractivity contribution in [3.63, 3.8) is 0 Å². The van der Waals surface area contributed by atoms with Crippen molar-refractivity contribution in [1.82, 2.24) is 20.1 Å². The van der Waals surface area contributed by atoms with E-state index in [0.29, 0.717) is 29.8 Å². The molecule has 2 saturated heterocycles. The SMILES string of the molecule is CCc1nc(C)c(C(=O)N[C@@H]2CCCN(C3CCN(C)CC3)C2)o1. The first-order valence-electron chi connectivity index (χ1n) is 9.26. The van der Waals surface area contributed by atoms with Crippen molar-refractivity contribution in [3.8, 4) is 0 Å². The molecule has 134 valence electrons. The summed E-state index contributed by atoms with van der Waals surface area (Å²) in [7, 11) is 2.19. The molecule has 1 aromatic rings. The minimum absolute atomic E-state index is 0.116. The molecule has 6 nitrogen and oxygen atoms in total. The van der Waals surface area contributed by atoms with Crippen LogP contribution in [0.15, 0.2) is 4.42 Å². The van der Waals surface area contributed by atoms with E-state index in [-0.39, 0.29) is 11.9 Å². The zero-order chi connectivity index (χ0) is 17.1. The molecule has 0 aliphatic carbocycles. The molecule has 0 spiro atoms. The summed E-state index contributed by atoms with van der Waals surface area (Å²) in [6.07, 6.45) is 5.37. The molecule has 1 aromatic heterocycles. The smallest absolute Gasteiger partial charge is 0.289 e. The van der Waals surface area contributed by atoms with Crippen molar-refractivity contribution in [2.75, 3.05) is 33.2 Å². The summed E-state index contributed by atoms with van der Waals surface area (Å²) in [5, 5.41) is 3.17. The minimum Gasteiger partial charge on any atom is -0.435 e. The highest BCUT2D eigenvalue weighted by Gasteiger charge is 2.29. The molecule has 0 bridgehead atoms. The van der Waals surface area contributed by atoms with Gasteiger partial charge in [-0.25, -0.2) is 4.98 Å². The van der Waals surface area contributed by atoms with E-state index in [1.165, 1.54) is 25.9 Å². The van der Waals surface area contributed by atoms with E-state index < -0.39 is 0 Å². The van der Waals surface area contributed by atoms with Crippen molar-refractivity contribution in [2.45, 2.75) is 58.0 Å². The number of rotatable bonds is 4. The largest absolute Gasteiger partial charge is 0.435 e. The van der Waals surface area contributed by atoms with Crippen molar-refractivity contribution in [1.29, 1.82) is 0 Å². The minimum atomic E-state index is -0.116. The van der Waals surface area contributed by atoms with Crippen molar-refractivity contribution in [3.05, 3.63) is 17.3 Å². The molecule has 0 saturated carbocycles. The molecule has 2 aliphatic rings. The highest BCUT2D eigenvalue weighted by atomic mass is 16.4. The van der Waals surface area contributed by atoms with E-state index in [9.17, 15) is 4.79 Å². The summed E-state index contributed by atoms with van der Waals surface area (Å²) in [5.74, 6) is 0.896. The highest BCUT2D eigenvalue weighted by Crippen LogP contribution is 2.21. The Bertz CT molecular complexity index is 563. The van der Waals surface area contributed by atoms with Gasteiger partial charge in [0.25, 0.3) is 5.91 Å². The highest BCUT2D eigenvalue weighted by molar-refractivity contribution is 5.92. The number of aromatic nitrogens is 1. The molecular formula is C18H30N4O2. The third kappa shape index (κ3) is 3.98. The van der Waals surface area contributed by atoms with Crippen molar-refractivity contribution < 1.29 is 9.21 Å². The van der Waals surface area contributed by atoms with Gasteiger partial charge in [0.15, 0.2) is 5.89 Å². The standard InChI is InChI=1S/C18H30N4O2/c1-4-16-19-13(2)17(24-16)18(23)20-14-6-5-9-22(12-14)15-7-10-21(3)11-8-15/h14-15H,4-12H2,1-3H3,(H,20,23)/t14-/m1/s1. The van der Waals surface area contributed by atoms with Gasteiger partial charge in [0.05, 0.1) is 5.69 Å². The normalized spacial score (nSPS) is 24.2. The molecule has 0 radical (unpaired) electrons. The van der Waals surface area contributed by atoms with Crippen LogP contribution in [0, 0.1) is 6.92 Å². The van der Waals surface area contributed by atoms with Crippen LogP contribution in [0.25, 0.3) is 0 Å². The van der Waals surface area contributed by atoms with E-state index in [1.54, 1.807) is 0 Å². The van der Waals surface area contributed by atoms with E-state index in [2.05, 4.69) is 27.1 Å². The fourth-order valence-electron chi connectivity index (χ4n) is 3.88. The number of nitrogens with one attached hydrogen (secondary N) is 1. The van der Waals surface area contributed by atoms with E-state index >= 15 is 0 Å². The Kier molecular flexibility index (Phi) is 5.56. The molecule has 6 heteroatoms. The number of hydrogen-bond acceptors (Lipinski definition) is 5. The van der Waals surface area contributed by atoms with Crippen LogP contribution >= 0.6 is 0 Å². The van der Waals surface area contributed by atoms with Gasteiger partial charge < -0.3 is 14.6 Å². The lowest BCUT2D eigenvalue weighted by atomic mass is 9.98. The Labute approximate surface area is 144 Å². The summed E-state index contributed by atoms with van der Waals surface area (Å²) in [6.45, 7) is 8.28. The maximum atomic E-state index is 12.5. The molecule has 1 atom stereocenters. The van der Waals surface area contributed by atoms with Gasteiger partial charge in [-0.3, -0.25) is 9.69 Å². The van der Waals surface area contributed by atoms with E-state index in [0.717, 1.165) is 25.9 Å². The predicted molar refractivity (Wildman–Crippen MR) is 93.2 cm³/mol. The van der Waals surface area contributed by atoms with Gasteiger partial charge in [-0.05, 0) is 59.3 Å². The van der Waals surface area contributed by atoms with Gasteiger partial charge in [0.1, 0.15) is 0 Å². The summed E-state index contributed by atoms with van der Waals surface area (Å²) in [5.41, 5.74) is 0.687. The molecule has 2 aliphatic heterocycles. The van der Waals surface area contributed by atoms with Gasteiger partial charge in [-0.15, -0.1) is 0 Å². The lowest BCUT2D eigenvalue weighted by molar-refractivity contribution is 0.0748. The Morgan fingerprint density at radius 3 is 2.71 bits per heavy atom. The second kappa shape index (κ2) is 7.66. The number of piperidine rings is 2. The van der Waals surface area contributed by atoms with Crippen molar-refractivity contribution >= 4 is 5.91 Å². The molecule has 0 aromatic carbocycles. The number of carbonyl (C=O) groups excluding carboxylic acids is 1. The fraction of sp³-hybridized carbons (Fsp3) is 0.778. The predicted octanol–water partition coefficient (Wildman–Crippen LogP) is 1.83. The second-order valence-electron chi connectivity index (χ2n) is 7.22. The van der Waals surface area contributed by atoms with Crippen LogP contribution in [0.4, 0.5) is 0 Å². The molecule has 2 fully saturated rings. The number of carbonyl (C=O) groups is 1. The summed E-state index contributed by atoms with van der Waals surface area (Å²) >= 11 is 0. The monoisotopic (exact) mass is 334 g/mol. The van der Waals surface area contributed by atoms with E-state index in [1.807, 2.05) is 13.8 Å². The molecule has 3 rings (SSSR count). The number of oxazole rings is 1. The maximum absolute atomic E-state index is 12.5.